The maximum atomic E-state index is 12.9. The Bertz CT molecular complexity index is 976. The minimum atomic E-state index is -0.329. The molecule has 0 unspecified atom stereocenters. The average Bonchev–Trinajstić information content (AvgIpc) is 2.88. The number of likely N-dealkylation sites (N-methyl/N-ethyl adjacent to an activating group) is 1. The first kappa shape index (κ1) is 17.7. The van der Waals surface area contributed by atoms with Crippen molar-refractivity contribution >= 4 is 16.9 Å². The summed E-state index contributed by atoms with van der Waals surface area (Å²) in [7, 11) is 3.35. The molecule has 2 aromatic carbocycles. The van der Waals surface area contributed by atoms with Crippen molar-refractivity contribution in [2.24, 2.45) is 7.05 Å². The summed E-state index contributed by atoms with van der Waals surface area (Å²) >= 11 is 0. The van der Waals surface area contributed by atoms with Crippen molar-refractivity contribution in [3.63, 3.8) is 0 Å². The number of amides is 1. The van der Waals surface area contributed by atoms with Gasteiger partial charge in [0, 0.05) is 14.1 Å². The van der Waals surface area contributed by atoms with Crippen LogP contribution in [0.3, 0.4) is 0 Å². The van der Waals surface area contributed by atoms with E-state index in [1.54, 1.807) is 14.1 Å². The molecule has 0 N–H and O–H groups in total. The van der Waals surface area contributed by atoms with Gasteiger partial charge in [0.25, 0.3) is 0 Å². The minimum Gasteiger partial charge on any atom is -0.492 e. The number of benzene rings is 2. The van der Waals surface area contributed by atoms with Crippen LogP contribution < -0.4 is 10.4 Å². The normalized spacial score (nSPS) is 10.9. The fourth-order valence-corrected chi connectivity index (χ4v) is 2.73. The third kappa shape index (κ3) is 3.61. The standard InChI is InChI=1S/C19H20FN3O3/c1-21(11-12-26-15-9-7-14(20)8-10-15)18(24)13-23-17-6-4-3-5-16(17)22(2)19(23)25/h3-10H,11-13H2,1-2H3. The van der Waals surface area contributed by atoms with Gasteiger partial charge in [-0.25, -0.2) is 9.18 Å². The first-order valence-electron chi connectivity index (χ1n) is 8.24. The molecule has 0 radical (unpaired) electrons. The summed E-state index contributed by atoms with van der Waals surface area (Å²) in [5, 5.41) is 0. The first-order chi connectivity index (χ1) is 12.5. The van der Waals surface area contributed by atoms with E-state index in [-0.39, 0.29) is 30.6 Å². The minimum absolute atomic E-state index is 0.0345. The Balaban J connectivity index is 1.62. The zero-order valence-electron chi connectivity index (χ0n) is 14.7. The lowest BCUT2D eigenvalue weighted by molar-refractivity contribution is -0.130. The fraction of sp³-hybridized carbons (Fsp3) is 0.263. The van der Waals surface area contributed by atoms with Gasteiger partial charge in [0.2, 0.25) is 5.91 Å². The van der Waals surface area contributed by atoms with Crippen molar-refractivity contribution in [3.05, 3.63) is 64.8 Å². The van der Waals surface area contributed by atoms with Crippen LogP contribution in [-0.2, 0) is 18.4 Å². The van der Waals surface area contributed by atoms with Gasteiger partial charge in [0.15, 0.2) is 0 Å². The van der Waals surface area contributed by atoms with E-state index in [9.17, 15) is 14.0 Å². The fourth-order valence-electron chi connectivity index (χ4n) is 2.73. The number of hydrogen-bond acceptors (Lipinski definition) is 3. The van der Waals surface area contributed by atoms with Crippen LogP contribution in [0.15, 0.2) is 53.3 Å². The summed E-state index contributed by atoms with van der Waals surface area (Å²) in [5.41, 5.74) is 1.28. The molecular weight excluding hydrogens is 337 g/mol. The van der Waals surface area contributed by atoms with Crippen molar-refractivity contribution in [3.8, 4) is 5.75 Å². The Hall–Kier alpha value is -3.09. The number of nitrogens with zero attached hydrogens (tertiary/aromatic N) is 3. The summed E-state index contributed by atoms with van der Waals surface area (Å²) in [4.78, 5) is 26.3. The van der Waals surface area contributed by atoms with Crippen LogP contribution >= 0.6 is 0 Å². The molecule has 1 aromatic heterocycles. The molecule has 26 heavy (non-hydrogen) atoms. The number of hydrogen-bond donors (Lipinski definition) is 0. The van der Waals surface area contributed by atoms with Crippen LogP contribution in [0.5, 0.6) is 5.75 Å². The summed E-state index contributed by atoms with van der Waals surface area (Å²) < 4.78 is 21.3. The van der Waals surface area contributed by atoms with E-state index < -0.39 is 0 Å². The second-order valence-corrected chi connectivity index (χ2v) is 6.03. The Labute approximate surface area is 150 Å². The average molecular weight is 357 g/mol. The van der Waals surface area contributed by atoms with Crippen LogP contribution in [0.25, 0.3) is 11.0 Å². The highest BCUT2D eigenvalue weighted by Crippen LogP contribution is 2.12. The van der Waals surface area contributed by atoms with Crippen molar-refractivity contribution in [2.45, 2.75) is 6.54 Å². The predicted octanol–water partition coefficient (Wildman–Crippen LogP) is 2.02. The molecule has 1 amide bonds. The third-order valence-electron chi connectivity index (χ3n) is 4.28. The van der Waals surface area contributed by atoms with Crippen molar-refractivity contribution < 1.29 is 13.9 Å². The molecule has 0 saturated carbocycles. The quantitative estimate of drug-likeness (QED) is 0.678. The van der Waals surface area contributed by atoms with Crippen LogP contribution in [-0.4, -0.2) is 40.1 Å². The van der Waals surface area contributed by atoms with Crippen LogP contribution in [0, 0.1) is 5.82 Å². The molecule has 0 fully saturated rings. The van der Waals surface area contributed by atoms with E-state index in [4.69, 9.17) is 4.74 Å². The van der Waals surface area contributed by atoms with Gasteiger partial charge in [-0.15, -0.1) is 0 Å². The van der Waals surface area contributed by atoms with E-state index in [1.807, 2.05) is 24.3 Å². The number of halogens is 1. The lowest BCUT2D eigenvalue weighted by Crippen LogP contribution is -2.36. The zero-order chi connectivity index (χ0) is 18.7. The van der Waals surface area contributed by atoms with Gasteiger partial charge in [-0.1, -0.05) is 12.1 Å². The van der Waals surface area contributed by atoms with Crippen molar-refractivity contribution in [1.29, 1.82) is 0 Å². The van der Waals surface area contributed by atoms with Crippen LogP contribution in [0.1, 0.15) is 0 Å². The maximum absolute atomic E-state index is 12.9. The van der Waals surface area contributed by atoms with E-state index in [0.29, 0.717) is 12.3 Å². The molecule has 6 nitrogen and oxygen atoms in total. The van der Waals surface area contributed by atoms with E-state index in [1.165, 1.54) is 38.3 Å². The Morgan fingerprint density at radius 3 is 2.46 bits per heavy atom. The number of carbonyl (C=O) groups excluding carboxylic acids is 1. The highest BCUT2D eigenvalue weighted by atomic mass is 19.1. The number of rotatable bonds is 6. The molecule has 3 aromatic rings. The van der Waals surface area contributed by atoms with E-state index in [0.717, 1.165) is 11.0 Å². The maximum Gasteiger partial charge on any atom is 0.329 e. The number of aryl methyl sites for hydroxylation is 1. The van der Waals surface area contributed by atoms with Crippen molar-refractivity contribution in [1.82, 2.24) is 14.0 Å². The van der Waals surface area contributed by atoms with Gasteiger partial charge < -0.3 is 9.64 Å². The number of carbonyl (C=O) groups is 1. The smallest absolute Gasteiger partial charge is 0.329 e. The van der Waals surface area contributed by atoms with Gasteiger partial charge in [-0.3, -0.25) is 13.9 Å². The van der Waals surface area contributed by atoms with E-state index >= 15 is 0 Å². The number of fused-ring (bicyclic) bond motifs is 1. The molecular formula is C19H20FN3O3. The molecule has 0 atom stereocenters. The van der Waals surface area contributed by atoms with Gasteiger partial charge in [0.1, 0.15) is 24.7 Å². The predicted molar refractivity (Wildman–Crippen MR) is 96.7 cm³/mol. The lowest BCUT2D eigenvalue weighted by atomic mass is 10.3. The first-order valence-corrected chi connectivity index (χ1v) is 8.24. The second-order valence-electron chi connectivity index (χ2n) is 6.03. The molecule has 0 aliphatic carbocycles. The molecule has 0 aliphatic heterocycles. The van der Waals surface area contributed by atoms with Crippen molar-refractivity contribution in [2.75, 3.05) is 20.2 Å². The van der Waals surface area contributed by atoms with Crippen LogP contribution in [0.4, 0.5) is 4.39 Å². The van der Waals surface area contributed by atoms with E-state index in [2.05, 4.69) is 0 Å². The largest absolute Gasteiger partial charge is 0.492 e. The lowest BCUT2D eigenvalue weighted by Gasteiger charge is -2.17. The number of ether oxygens (including phenoxy) is 1. The Kier molecular flexibility index (Phi) is 5.06. The Morgan fingerprint density at radius 2 is 1.77 bits per heavy atom. The summed E-state index contributed by atoms with van der Waals surface area (Å²) in [5.74, 6) is 0.0221. The molecule has 0 bridgehead atoms. The van der Waals surface area contributed by atoms with Gasteiger partial charge in [-0.05, 0) is 36.4 Å². The number of para-hydroxylation sites is 2. The molecule has 1 heterocycles. The van der Waals surface area contributed by atoms with Gasteiger partial charge in [0.05, 0.1) is 17.6 Å². The SMILES string of the molecule is CN(CCOc1ccc(F)cc1)C(=O)Cn1c(=O)n(C)c2ccccc21. The summed E-state index contributed by atoms with van der Waals surface area (Å²) in [6, 6.07) is 13.1. The molecule has 3 rings (SSSR count). The molecule has 0 aliphatic rings. The summed E-state index contributed by atoms with van der Waals surface area (Å²) in [6.07, 6.45) is 0. The van der Waals surface area contributed by atoms with Gasteiger partial charge >= 0.3 is 5.69 Å². The van der Waals surface area contributed by atoms with Crippen LogP contribution in [0.2, 0.25) is 0 Å². The second kappa shape index (κ2) is 7.43. The molecule has 0 saturated heterocycles. The molecule has 0 spiro atoms. The number of imidazole rings is 1. The highest BCUT2D eigenvalue weighted by Gasteiger charge is 2.15. The number of aromatic nitrogens is 2. The molecule has 7 heteroatoms. The zero-order valence-corrected chi connectivity index (χ0v) is 14.7. The highest BCUT2D eigenvalue weighted by molar-refractivity contribution is 5.80. The summed E-state index contributed by atoms with van der Waals surface area (Å²) in [6.45, 7) is 0.598. The third-order valence-corrected chi connectivity index (χ3v) is 4.28. The monoisotopic (exact) mass is 357 g/mol. The topological polar surface area (TPSA) is 56.5 Å². The molecule has 136 valence electrons. The Morgan fingerprint density at radius 1 is 1.12 bits per heavy atom. The van der Waals surface area contributed by atoms with Gasteiger partial charge in [-0.2, -0.15) is 0 Å².